The first kappa shape index (κ1) is 66.8. The summed E-state index contributed by atoms with van der Waals surface area (Å²) in [5.41, 5.74) is -6.08. The molecule has 0 aromatic heterocycles. The molecule has 4 fully saturated rings. The highest BCUT2D eigenvalue weighted by atomic mass is 127. The maximum absolute atomic E-state index is 13.0. The highest BCUT2D eigenvalue weighted by Gasteiger charge is 2.58. The zero-order valence-electron chi connectivity index (χ0n) is 49.2. The Labute approximate surface area is 465 Å². The van der Waals surface area contributed by atoms with Crippen LogP contribution >= 0.6 is 22.6 Å². The van der Waals surface area contributed by atoms with Gasteiger partial charge in [0, 0.05) is 23.4 Å². The molecule has 0 aliphatic carbocycles. The van der Waals surface area contributed by atoms with Crippen molar-refractivity contribution in [3.05, 3.63) is 24.5 Å². The van der Waals surface area contributed by atoms with E-state index in [0.29, 0.717) is 23.9 Å². The van der Waals surface area contributed by atoms with Gasteiger partial charge >= 0.3 is 15.6 Å². The van der Waals surface area contributed by atoms with Crippen molar-refractivity contribution in [1.82, 2.24) is 0 Å². The van der Waals surface area contributed by atoms with Crippen LogP contribution < -0.4 is 0 Å². The molecule has 4 rings (SSSR count). The Kier molecular flexibility index (Phi) is 23.1. The summed E-state index contributed by atoms with van der Waals surface area (Å²) in [7, 11) is -14.8. The van der Waals surface area contributed by atoms with Gasteiger partial charge in [-0.15, -0.1) is 0 Å². The molecule has 0 spiro atoms. The van der Waals surface area contributed by atoms with Crippen LogP contribution in [0.15, 0.2) is 24.5 Å². The second-order valence-corrected chi connectivity index (χ2v) is 48.1. The molecule has 0 amide bonds. The quantitative estimate of drug-likeness (QED) is 0.0127. The number of unbranched alkanes of at least 4 members (excludes halogenated alkanes) is 1. The summed E-state index contributed by atoms with van der Waals surface area (Å²) in [5.74, 6) is -1.12. The Balaban J connectivity index is 1.61. The largest absolute Gasteiger partial charge is 0.534 e. The summed E-state index contributed by atoms with van der Waals surface area (Å²) >= 11 is 2.34. The highest BCUT2D eigenvalue weighted by Crippen LogP contribution is 2.49. The second-order valence-electron chi connectivity index (χ2n) is 26.8. The van der Waals surface area contributed by atoms with Crippen LogP contribution in [0.5, 0.6) is 0 Å². The third-order valence-corrected chi connectivity index (χ3v) is 38.8. The fraction of sp³-hybridized carbons (Fsp3) is 0.926. The van der Waals surface area contributed by atoms with E-state index >= 15 is 0 Å². The van der Waals surface area contributed by atoms with Gasteiger partial charge < -0.3 is 40.8 Å². The van der Waals surface area contributed by atoms with E-state index in [4.69, 9.17) is 36.7 Å². The third-order valence-electron chi connectivity index (χ3n) is 18.4. The topological polar surface area (TPSA) is 117 Å². The minimum Gasteiger partial charge on any atom is -0.417 e. The average Bonchev–Trinajstić information content (AvgIpc) is 3.64. The number of rotatable bonds is 25. The van der Waals surface area contributed by atoms with Gasteiger partial charge in [-0.05, 0) is 130 Å². The maximum atomic E-state index is 13.0. The van der Waals surface area contributed by atoms with Crippen molar-refractivity contribution in [2.75, 3.05) is 11.0 Å². The number of halogens is 4. The zero-order chi connectivity index (χ0) is 56.3. The first-order valence-electron chi connectivity index (χ1n) is 28.0. The number of hydrogen-bond acceptors (Lipinski definition) is 11. The summed E-state index contributed by atoms with van der Waals surface area (Å²) in [4.78, 5) is 0. The predicted octanol–water partition coefficient (Wildman–Crippen LogP) is 15.5. The molecule has 0 radical (unpaired) electrons. The van der Waals surface area contributed by atoms with Gasteiger partial charge in [0.1, 0.15) is 35.8 Å². The minimum atomic E-state index is -5.79. The first-order chi connectivity index (χ1) is 33.7. The van der Waals surface area contributed by atoms with Crippen LogP contribution in [-0.2, 0) is 51.0 Å². The Bertz CT molecular complexity index is 1940. The Morgan fingerprint density at radius 3 is 1.85 bits per heavy atom. The molecule has 2 unspecified atom stereocenters. The van der Waals surface area contributed by atoms with Crippen LogP contribution in [0, 0.1) is 5.92 Å². The lowest BCUT2D eigenvalue weighted by Gasteiger charge is -2.56. The Hall–Kier alpha value is 0.298. The molecule has 0 bridgehead atoms. The molecule has 4 heterocycles. The number of allylic oxidation sites excluding steroid dienone is 2. The summed E-state index contributed by atoms with van der Waals surface area (Å²) in [6.45, 7) is 47.2. The van der Waals surface area contributed by atoms with Crippen LogP contribution in [0.1, 0.15) is 154 Å². The van der Waals surface area contributed by atoms with Crippen molar-refractivity contribution in [3.8, 4) is 0 Å². The zero-order valence-corrected chi connectivity index (χ0v) is 56.2. The van der Waals surface area contributed by atoms with Crippen LogP contribution in [0.25, 0.3) is 0 Å². The van der Waals surface area contributed by atoms with Crippen molar-refractivity contribution >= 4 is 66.0 Å². The number of ether oxygens (including phenoxy) is 4. The summed E-state index contributed by atoms with van der Waals surface area (Å²) in [6, 6.07) is 3.37. The van der Waals surface area contributed by atoms with Gasteiger partial charge in [-0.1, -0.05) is 131 Å². The predicted molar refractivity (Wildman–Crippen MR) is 312 cm³/mol. The smallest absolute Gasteiger partial charge is 0.417 e. The number of fused-ring (bicyclic) bond motifs is 2. The molecule has 4 saturated heterocycles. The lowest BCUT2D eigenvalue weighted by molar-refractivity contribution is -0.267. The standard InChI is InChI=1S/C54H102F3IO11SSi4/c1-21-74(22-2,23-3)61-34-33-40-29-31-43-46(63-40)48(68-72(17,18)51(9,10)11)49(69-73(19,20)52(12,13)14)47(64-43)44(67-71(15,16)50(6,7)8)28-26-24-25-27-42-36-53(37-58)45(62-42)32-30-41(65-53)35-38(4)39(5)66-70(59,60)54(55,56)57/h26,28,38,40-49H,5,21-25,27,29-37H2,1-4,6-20H3/b28-26+/t38-,40-,41-,42+,43+,44?,45+,46?,47+,48+,49-,53-/m1/s1. The van der Waals surface area contributed by atoms with Gasteiger partial charge in [0.15, 0.2) is 33.3 Å². The molecule has 434 valence electrons. The van der Waals surface area contributed by atoms with Crippen molar-refractivity contribution in [3.63, 3.8) is 0 Å². The van der Waals surface area contributed by atoms with E-state index in [1.165, 1.54) is 0 Å². The molecule has 12 atom stereocenters. The normalized spacial score (nSPS) is 30.0. The van der Waals surface area contributed by atoms with Crippen molar-refractivity contribution in [2.24, 2.45) is 5.92 Å². The fourth-order valence-electron chi connectivity index (χ4n) is 10.1. The molecule has 0 aromatic rings. The number of alkyl halides is 4. The van der Waals surface area contributed by atoms with E-state index in [0.717, 1.165) is 63.1 Å². The Morgan fingerprint density at radius 2 is 1.32 bits per heavy atom. The molecule has 4 aliphatic heterocycles. The fourth-order valence-corrected chi connectivity index (χ4v) is 18.1. The van der Waals surface area contributed by atoms with Crippen molar-refractivity contribution in [1.29, 1.82) is 0 Å². The van der Waals surface area contributed by atoms with Crippen LogP contribution in [-0.4, -0.2) is 125 Å². The first-order valence-corrected chi connectivity index (χ1v) is 42.2. The van der Waals surface area contributed by atoms with E-state index in [1.54, 1.807) is 6.92 Å². The van der Waals surface area contributed by atoms with Crippen molar-refractivity contribution in [2.45, 2.75) is 299 Å². The summed E-state index contributed by atoms with van der Waals surface area (Å²) in [6.07, 6.45) is 9.33. The Morgan fingerprint density at radius 1 is 0.770 bits per heavy atom. The van der Waals surface area contributed by atoms with Gasteiger partial charge in [0.25, 0.3) is 0 Å². The highest BCUT2D eigenvalue weighted by molar-refractivity contribution is 14.1. The third kappa shape index (κ3) is 16.5. The van der Waals surface area contributed by atoms with E-state index in [1.807, 2.05) is 0 Å². The molecule has 11 nitrogen and oxygen atoms in total. The van der Waals surface area contributed by atoms with Gasteiger partial charge in [-0.3, -0.25) is 0 Å². The minimum absolute atomic E-state index is 0.0284. The molecule has 0 aromatic carbocycles. The molecule has 20 heteroatoms. The van der Waals surface area contributed by atoms with E-state index < -0.39 is 84.5 Å². The van der Waals surface area contributed by atoms with E-state index in [-0.39, 0.29) is 64.3 Å². The molecule has 4 aliphatic rings. The van der Waals surface area contributed by atoms with Crippen molar-refractivity contribution < 1.29 is 62.4 Å². The lowest BCUT2D eigenvalue weighted by Crippen LogP contribution is -2.69. The summed E-state index contributed by atoms with van der Waals surface area (Å²) < 4.78 is 125. The molecule has 0 N–H and O–H groups in total. The van der Waals surface area contributed by atoms with Gasteiger partial charge in [0.05, 0.1) is 36.6 Å². The van der Waals surface area contributed by atoms with E-state index in [2.05, 4.69) is 168 Å². The van der Waals surface area contributed by atoms with Crippen LogP contribution in [0.2, 0.25) is 72.5 Å². The monoisotopic (exact) mass is 1250 g/mol. The van der Waals surface area contributed by atoms with E-state index in [9.17, 15) is 21.6 Å². The van der Waals surface area contributed by atoms with Gasteiger partial charge in [-0.25, -0.2) is 0 Å². The maximum Gasteiger partial charge on any atom is 0.534 e. The summed E-state index contributed by atoms with van der Waals surface area (Å²) in [5, 5.41) is -0.215. The molecular formula is C54H102F3IO11SSi4. The molecule has 74 heavy (non-hydrogen) atoms. The van der Waals surface area contributed by atoms with Crippen LogP contribution in [0.3, 0.4) is 0 Å². The number of hydrogen-bond donors (Lipinski definition) is 0. The molecular weight excluding hydrogens is 1150 g/mol. The second kappa shape index (κ2) is 25.6. The lowest BCUT2D eigenvalue weighted by atomic mass is 9.85. The van der Waals surface area contributed by atoms with Crippen LogP contribution in [0.4, 0.5) is 13.2 Å². The average molecular weight is 1260 g/mol. The molecule has 0 saturated carbocycles. The van der Waals surface area contributed by atoms with Gasteiger partial charge in [-0.2, -0.15) is 21.6 Å². The van der Waals surface area contributed by atoms with Gasteiger partial charge in [0.2, 0.25) is 0 Å². The SMILES string of the molecule is C=C(OS(=O)(=O)C(F)(F)F)[C@H](C)C[C@H]1CC[C@@H]2O[C@@H](CCC/C=C/C(O[Si](C)(C)C(C)(C)C)[C@@H]3O[C@H]4CC[C@H](CCO[Si](CC)(CC)CC)OC4[C@H](O[Si](C)(C)C(C)(C)C)[C@@H]3O[Si](C)(C)C(C)(C)C)C[C@]2(CI)O1.